The van der Waals surface area contributed by atoms with Crippen LogP contribution in [0.25, 0.3) is 0 Å². The van der Waals surface area contributed by atoms with E-state index in [0.29, 0.717) is 13.0 Å². The molecule has 0 atom stereocenters. The maximum Gasteiger partial charge on any atom is 0.216 e. The smallest absolute Gasteiger partial charge is 0.216 e. The molecule has 1 amide bonds. The summed E-state index contributed by atoms with van der Waals surface area (Å²) in [6, 6.07) is 5.55. The summed E-state index contributed by atoms with van der Waals surface area (Å²) in [5.41, 5.74) is 2.57. The lowest BCUT2D eigenvalue weighted by Gasteiger charge is -2.01. The van der Waals surface area contributed by atoms with Crippen LogP contribution in [0.4, 0.5) is 0 Å². The Morgan fingerprint density at radius 3 is 2.56 bits per heavy atom. The van der Waals surface area contributed by atoms with Crippen molar-refractivity contribution >= 4 is 11.7 Å². The van der Waals surface area contributed by atoms with E-state index in [1.165, 1.54) is 6.92 Å². The summed E-state index contributed by atoms with van der Waals surface area (Å²) in [6.07, 6.45) is 0.618. The van der Waals surface area contributed by atoms with Crippen molar-refractivity contribution in [1.82, 2.24) is 5.32 Å². The van der Waals surface area contributed by atoms with Crippen LogP contribution >= 0.6 is 0 Å². The first-order valence-electron chi connectivity index (χ1n) is 5.85. The number of aryl methyl sites for hydroxylation is 1. The Hall–Kier alpha value is -2.08. The Morgan fingerprint density at radius 1 is 1.28 bits per heavy atom. The van der Waals surface area contributed by atoms with Crippen molar-refractivity contribution in [2.24, 2.45) is 0 Å². The third kappa shape index (κ3) is 4.42. The van der Waals surface area contributed by atoms with Crippen molar-refractivity contribution in [3.8, 4) is 11.8 Å². The summed E-state index contributed by atoms with van der Waals surface area (Å²) >= 11 is 0. The van der Waals surface area contributed by atoms with Gasteiger partial charge in [-0.05, 0) is 37.6 Å². The second-order valence-corrected chi connectivity index (χ2v) is 4.12. The number of carbonyl (C=O) groups excluding carboxylic acids is 2. The van der Waals surface area contributed by atoms with Crippen LogP contribution in [-0.2, 0) is 4.79 Å². The van der Waals surface area contributed by atoms with E-state index in [1.807, 2.05) is 19.1 Å². The molecular weight excluding hydrogens is 226 g/mol. The van der Waals surface area contributed by atoms with Crippen LogP contribution in [0.5, 0.6) is 0 Å². The minimum absolute atomic E-state index is 0.0431. The first kappa shape index (κ1) is 14.0. The number of hydrogen-bond acceptors (Lipinski definition) is 2. The average molecular weight is 243 g/mol. The van der Waals surface area contributed by atoms with Gasteiger partial charge >= 0.3 is 0 Å². The van der Waals surface area contributed by atoms with Gasteiger partial charge in [-0.15, -0.1) is 0 Å². The van der Waals surface area contributed by atoms with E-state index < -0.39 is 0 Å². The maximum atomic E-state index is 11.3. The molecule has 0 heterocycles. The van der Waals surface area contributed by atoms with Gasteiger partial charge in [0.2, 0.25) is 5.91 Å². The number of hydrogen-bond donors (Lipinski definition) is 1. The zero-order valence-electron chi connectivity index (χ0n) is 11.0. The molecule has 18 heavy (non-hydrogen) atoms. The van der Waals surface area contributed by atoms with Gasteiger partial charge < -0.3 is 5.32 Å². The molecule has 1 aromatic rings. The Bertz CT molecular complexity index is 521. The Kier molecular flexibility index (Phi) is 5.13. The molecular formula is C15H17NO2. The number of rotatable bonds is 3. The summed E-state index contributed by atoms with van der Waals surface area (Å²) in [7, 11) is 0. The Morgan fingerprint density at radius 2 is 2.00 bits per heavy atom. The molecule has 0 fully saturated rings. The van der Waals surface area contributed by atoms with Crippen molar-refractivity contribution in [1.29, 1.82) is 0 Å². The third-order valence-electron chi connectivity index (χ3n) is 2.46. The van der Waals surface area contributed by atoms with E-state index in [4.69, 9.17) is 0 Å². The van der Waals surface area contributed by atoms with Gasteiger partial charge in [0.1, 0.15) is 0 Å². The fourth-order valence-corrected chi connectivity index (χ4v) is 1.60. The summed E-state index contributed by atoms with van der Waals surface area (Å²) < 4.78 is 0. The van der Waals surface area contributed by atoms with Crippen molar-refractivity contribution in [3.05, 3.63) is 34.9 Å². The number of amides is 1. The van der Waals surface area contributed by atoms with Gasteiger partial charge in [-0.25, -0.2) is 0 Å². The molecule has 0 spiro atoms. The zero-order chi connectivity index (χ0) is 13.5. The standard InChI is InChI=1S/C15H17NO2/c1-11-10-14(7-8-15(11)12(2)17)6-4-5-9-16-13(3)18/h7-8,10H,5,9H2,1-3H3,(H,16,18). The molecule has 1 N–H and O–H groups in total. The summed E-state index contributed by atoms with van der Waals surface area (Å²) in [6.45, 7) is 5.50. The lowest BCUT2D eigenvalue weighted by molar-refractivity contribution is -0.118. The molecule has 0 aliphatic heterocycles. The molecule has 1 aromatic carbocycles. The molecule has 0 saturated carbocycles. The second-order valence-electron chi connectivity index (χ2n) is 4.12. The summed E-state index contributed by atoms with van der Waals surface area (Å²) in [5, 5.41) is 2.68. The Labute approximate surface area is 108 Å². The zero-order valence-corrected chi connectivity index (χ0v) is 11.0. The highest BCUT2D eigenvalue weighted by molar-refractivity contribution is 5.95. The predicted octanol–water partition coefficient (Wildman–Crippen LogP) is 2.08. The van der Waals surface area contributed by atoms with Crippen molar-refractivity contribution in [2.45, 2.75) is 27.2 Å². The van der Waals surface area contributed by atoms with Crippen LogP contribution in [0.1, 0.15) is 41.8 Å². The van der Waals surface area contributed by atoms with Crippen LogP contribution in [-0.4, -0.2) is 18.2 Å². The van der Waals surface area contributed by atoms with Crippen LogP contribution in [0.3, 0.4) is 0 Å². The molecule has 0 saturated heterocycles. The molecule has 0 bridgehead atoms. The number of benzene rings is 1. The number of nitrogens with one attached hydrogen (secondary N) is 1. The van der Waals surface area contributed by atoms with Gasteiger partial charge in [-0.1, -0.05) is 11.8 Å². The largest absolute Gasteiger partial charge is 0.355 e. The van der Waals surface area contributed by atoms with Crippen LogP contribution in [0, 0.1) is 18.8 Å². The maximum absolute atomic E-state index is 11.3. The minimum Gasteiger partial charge on any atom is -0.355 e. The summed E-state index contributed by atoms with van der Waals surface area (Å²) in [4.78, 5) is 21.9. The van der Waals surface area contributed by atoms with Crippen LogP contribution in [0.2, 0.25) is 0 Å². The van der Waals surface area contributed by atoms with Crippen LogP contribution < -0.4 is 5.32 Å². The minimum atomic E-state index is -0.0431. The monoisotopic (exact) mass is 243 g/mol. The lowest BCUT2D eigenvalue weighted by atomic mass is 10.0. The van der Waals surface area contributed by atoms with E-state index in [9.17, 15) is 9.59 Å². The normalized spacial score (nSPS) is 9.28. The van der Waals surface area contributed by atoms with Gasteiger partial charge in [-0.3, -0.25) is 9.59 Å². The second kappa shape index (κ2) is 6.61. The highest BCUT2D eigenvalue weighted by Gasteiger charge is 2.02. The first-order chi connectivity index (χ1) is 8.50. The van der Waals surface area contributed by atoms with Gasteiger partial charge in [0.15, 0.2) is 5.78 Å². The molecule has 0 unspecified atom stereocenters. The number of carbonyl (C=O) groups is 2. The van der Waals surface area contributed by atoms with E-state index >= 15 is 0 Å². The molecule has 0 aliphatic rings. The molecule has 0 aliphatic carbocycles. The third-order valence-corrected chi connectivity index (χ3v) is 2.46. The fourth-order valence-electron chi connectivity index (χ4n) is 1.60. The molecule has 0 radical (unpaired) electrons. The quantitative estimate of drug-likeness (QED) is 0.502. The molecule has 3 nitrogen and oxygen atoms in total. The molecule has 3 heteroatoms. The highest BCUT2D eigenvalue weighted by atomic mass is 16.1. The molecule has 94 valence electrons. The van der Waals surface area contributed by atoms with Gasteiger partial charge in [0, 0.05) is 31.0 Å². The van der Waals surface area contributed by atoms with Crippen molar-refractivity contribution in [3.63, 3.8) is 0 Å². The molecule has 1 rings (SSSR count). The van der Waals surface area contributed by atoms with E-state index in [1.54, 1.807) is 13.0 Å². The molecule has 0 aromatic heterocycles. The van der Waals surface area contributed by atoms with E-state index in [-0.39, 0.29) is 11.7 Å². The van der Waals surface area contributed by atoms with Crippen molar-refractivity contribution in [2.75, 3.05) is 6.54 Å². The van der Waals surface area contributed by atoms with E-state index in [0.717, 1.165) is 16.7 Å². The summed E-state index contributed by atoms with van der Waals surface area (Å²) in [5.74, 6) is 6.02. The van der Waals surface area contributed by atoms with Gasteiger partial charge in [0.25, 0.3) is 0 Å². The topological polar surface area (TPSA) is 46.2 Å². The van der Waals surface area contributed by atoms with Gasteiger partial charge in [-0.2, -0.15) is 0 Å². The van der Waals surface area contributed by atoms with E-state index in [2.05, 4.69) is 17.2 Å². The predicted molar refractivity (Wildman–Crippen MR) is 71.4 cm³/mol. The first-order valence-corrected chi connectivity index (χ1v) is 5.85. The highest BCUT2D eigenvalue weighted by Crippen LogP contribution is 2.10. The van der Waals surface area contributed by atoms with Gasteiger partial charge in [0.05, 0.1) is 0 Å². The number of Topliss-reactive ketones (excluding diaryl/α,β-unsaturated/α-hetero) is 1. The van der Waals surface area contributed by atoms with Crippen molar-refractivity contribution < 1.29 is 9.59 Å². The van der Waals surface area contributed by atoms with Crippen LogP contribution in [0.15, 0.2) is 18.2 Å². The Balaban J connectivity index is 2.64. The lowest BCUT2D eigenvalue weighted by Crippen LogP contribution is -2.20. The fraction of sp³-hybridized carbons (Fsp3) is 0.333. The SMILES string of the molecule is CC(=O)NCCC#Cc1ccc(C(C)=O)c(C)c1. The number of ketones is 1. The average Bonchev–Trinajstić information content (AvgIpc) is 2.27.